The molecule has 98 valence electrons. The van der Waals surface area contributed by atoms with E-state index in [9.17, 15) is 4.79 Å². The largest absolute Gasteiger partial charge is 0.455 e. The molecule has 0 aromatic heterocycles. The van der Waals surface area contributed by atoms with E-state index >= 15 is 0 Å². The first-order chi connectivity index (χ1) is 8.01. The molecule has 3 nitrogen and oxygen atoms in total. The predicted octanol–water partition coefficient (Wildman–Crippen LogP) is 2.84. The van der Waals surface area contributed by atoms with Gasteiger partial charge < -0.3 is 9.84 Å². The van der Waals surface area contributed by atoms with Crippen LogP contribution in [0.3, 0.4) is 0 Å². The second-order valence-corrected chi connectivity index (χ2v) is 4.42. The number of esters is 1. The van der Waals surface area contributed by atoms with E-state index in [1.54, 1.807) is 6.08 Å². The highest BCUT2D eigenvalue weighted by Gasteiger charge is 2.06. The highest BCUT2D eigenvalue weighted by molar-refractivity contribution is 5.66. The average molecular weight is 240 g/mol. The molecule has 0 saturated heterocycles. The summed E-state index contributed by atoms with van der Waals surface area (Å²) in [6, 6.07) is 0. The Morgan fingerprint density at radius 3 is 2.53 bits per heavy atom. The smallest absolute Gasteiger partial charge is 0.303 e. The first kappa shape index (κ1) is 16.0. The third kappa shape index (κ3) is 7.78. The van der Waals surface area contributed by atoms with E-state index in [1.165, 1.54) is 12.5 Å². The Balaban J connectivity index is 4.67. The lowest BCUT2D eigenvalue weighted by atomic mass is 9.98. The SMILES string of the molecule is CCCCC(=C=CC(CO)OC(C)=O)C(C)C. The van der Waals surface area contributed by atoms with Crippen molar-refractivity contribution in [2.75, 3.05) is 6.61 Å². The van der Waals surface area contributed by atoms with Crippen LogP contribution in [0.15, 0.2) is 17.4 Å². The Labute approximate surface area is 104 Å². The van der Waals surface area contributed by atoms with Gasteiger partial charge in [-0.05, 0) is 24.3 Å². The van der Waals surface area contributed by atoms with Crippen molar-refractivity contribution in [2.45, 2.75) is 53.1 Å². The van der Waals surface area contributed by atoms with Gasteiger partial charge >= 0.3 is 5.97 Å². The minimum atomic E-state index is -0.581. The van der Waals surface area contributed by atoms with E-state index in [-0.39, 0.29) is 12.6 Å². The van der Waals surface area contributed by atoms with Crippen molar-refractivity contribution in [3.05, 3.63) is 17.4 Å². The third-order valence-corrected chi connectivity index (χ3v) is 2.45. The molecule has 0 fully saturated rings. The topological polar surface area (TPSA) is 46.5 Å². The molecular weight excluding hydrogens is 216 g/mol. The van der Waals surface area contributed by atoms with Crippen LogP contribution >= 0.6 is 0 Å². The van der Waals surface area contributed by atoms with E-state index in [1.807, 2.05) is 0 Å². The number of rotatable bonds is 7. The zero-order valence-corrected chi connectivity index (χ0v) is 11.3. The highest BCUT2D eigenvalue weighted by atomic mass is 16.5. The van der Waals surface area contributed by atoms with Gasteiger partial charge in [0.15, 0.2) is 6.10 Å². The number of unbranched alkanes of at least 4 members (excludes halogenated alkanes) is 1. The summed E-state index contributed by atoms with van der Waals surface area (Å²) in [5.41, 5.74) is 4.37. The summed E-state index contributed by atoms with van der Waals surface area (Å²) in [5, 5.41) is 9.04. The summed E-state index contributed by atoms with van der Waals surface area (Å²) in [7, 11) is 0. The van der Waals surface area contributed by atoms with Crippen molar-refractivity contribution in [2.24, 2.45) is 5.92 Å². The fraction of sp³-hybridized carbons (Fsp3) is 0.714. The summed E-state index contributed by atoms with van der Waals surface area (Å²) < 4.78 is 4.91. The van der Waals surface area contributed by atoms with Crippen LogP contribution in [0.2, 0.25) is 0 Å². The molecule has 0 spiro atoms. The van der Waals surface area contributed by atoms with Gasteiger partial charge in [-0.1, -0.05) is 27.2 Å². The number of aliphatic hydroxyl groups excluding tert-OH is 1. The molecule has 0 saturated carbocycles. The number of carbonyl (C=O) groups is 1. The zero-order chi connectivity index (χ0) is 13.3. The van der Waals surface area contributed by atoms with E-state index in [4.69, 9.17) is 9.84 Å². The molecule has 0 aliphatic carbocycles. The second kappa shape index (κ2) is 9.03. The first-order valence-electron chi connectivity index (χ1n) is 6.24. The van der Waals surface area contributed by atoms with Crippen LogP contribution in [0.25, 0.3) is 0 Å². The van der Waals surface area contributed by atoms with E-state index in [0.29, 0.717) is 5.92 Å². The molecule has 1 N–H and O–H groups in total. The van der Waals surface area contributed by atoms with E-state index < -0.39 is 6.10 Å². The van der Waals surface area contributed by atoms with Crippen molar-refractivity contribution < 1.29 is 14.6 Å². The molecule has 3 heteroatoms. The van der Waals surface area contributed by atoms with Gasteiger partial charge in [0.2, 0.25) is 0 Å². The number of ether oxygens (including phenoxy) is 1. The molecular formula is C14H24O3. The van der Waals surface area contributed by atoms with Crippen molar-refractivity contribution in [3.63, 3.8) is 0 Å². The standard InChI is InChI=1S/C14H24O3/c1-5-6-7-13(11(2)3)8-9-14(10-15)17-12(4)16/h9,11,14-15H,5-7,10H2,1-4H3. The van der Waals surface area contributed by atoms with Gasteiger partial charge in [0, 0.05) is 13.0 Å². The van der Waals surface area contributed by atoms with Crippen molar-refractivity contribution in [1.29, 1.82) is 0 Å². The quantitative estimate of drug-likeness (QED) is 0.550. The lowest BCUT2D eigenvalue weighted by Crippen LogP contribution is -2.17. The van der Waals surface area contributed by atoms with Crippen LogP contribution in [-0.2, 0) is 9.53 Å². The van der Waals surface area contributed by atoms with Gasteiger partial charge in [-0.15, -0.1) is 5.73 Å². The Hall–Kier alpha value is -1.05. The van der Waals surface area contributed by atoms with Crippen molar-refractivity contribution in [1.82, 2.24) is 0 Å². The average Bonchev–Trinajstić information content (AvgIpc) is 2.26. The van der Waals surface area contributed by atoms with E-state index in [0.717, 1.165) is 19.3 Å². The predicted molar refractivity (Wildman–Crippen MR) is 68.6 cm³/mol. The summed E-state index contributed by atoms with van der Waals surface area (Å²) in [5.74, 6) is 0.0382. The van der Waals surface area contributed by atoms with Crippen LogP contribution in [0.4, 0.5) is 0 Å². The monoisotopic (exact) mass is 240 g/mol. The summed E-state index contributed by atoms with van der Waals surface area (Å²) in [6.07, 6.45) is 4.34. The molecule has 0 rings (SSSR count). The Bertz CT molecular complexity index is 286. The minimum Gasteiger partial charge on any atom is -0.455 e. The molecule has 0 bridgehead atoms. The van der Waals surface area contributed by atoms with Crippen molar-refractivity contribution in [3.8, 4) is 0 Å². The Kier molecular flexibility index (Phi) is 8.47. The maximum atomic E-state index is 10.8. The molecule has 0 aliphatic heterocycles. The normalized spacial score (nSPS) is 11.9. The van der Waals surface area contributed by atoms with Crippen LogP contribution in [0.1, 0.15) is 47.0 Å². The summed E-state index contributed by atoms with van der Waals surface area (Å²) >= 11 is 0. The molecule has 0 aromatic rings. The maximum Gasteiger partial charge on any atom is 0.303 e. The Morgan fingerprint density at radius 1 is 1.47 bits per heavy atom. The van der Waals surface area contributed by atoms with Crippen LogP contribution in [0, 0.1) is 5.92 Å². The number of carbonyl (C=O) groups excluding carboxylic acids is 1. The number of hydrogen-bond donors (Lipinski definition) is 1. The lowest BCUT2D eigenvalue weighted by molar-refractivity contribution is -0.145. The van der Waals surface area contributed by atoms with Crippen LogP contribution in [-0.4, -0.2) is 23.8 Å². The summed E-state index contributed by atoms with van der Waals surface area (Å²) in [4.78, 5) is 10.8. The second-order valence-electron chi connectivity index (χ2n) is 4.42. The third-order valence-electron chi connectivity index (χ3n) is 2.45. The molecule has 0 aliphatic rings. The summed E-state index contributed by atoms with van der Waals surface area (Å²) in [6.45, 7) is 7.51. The van der Waals surface area contributed by atoms with Gasteiger partial charge in [-0.25, -0.2) is 0 Å². The molecule has 0 radical (unpaired) electrons. The molecule has 1 unspecified atom stereocenters. The van der Waals surface area contributed by atoms with E-state index in [2.05, 4.69) is 26.5 Å². The molecule has 0 heterocycles. The van der Waals surface area contributed by atoms with Gasteiger partial charge in [-0.2, -0.15) is 0 Å². The van der Waals surface area contributed by atoms with Gasteiger partial charge in [0.1, 0.15) is 0 Å². The molecule has 17 heavy (non-hydrogen) atoms. The molecule has 0 amide bonds. The fourth-order valence-electron chi connectivity index (χ4n) is 1.43. The lowest BCUT2D eigenvalue weighted by Gasteiger charge is -2.10. The molecule has 1 atom stereocenters. The number of aliphatic hydroxyl groups is 1. The minimum absolute atomic E-state index is 0.203. The fourth-order valence-corrected chi connectivity index (χ4v) is 1.43. The number of hydrogen-bond acceptors (Lipinski definition) is 3. The van der Waals surface area contributed by atoms with Crippen LogP contribution in [0.5, 0.6) is 0 Å². The Morgan fingerprint density at radius 2 is 2.12 bits per heavy atom. The van der Waals surface area contributed by atoms with Gasteiger partial charge in [0.05, 0.1) is 6.61 Å². The van der Waals surface area contributed by atoms with Gasteiger partial charge in [-0.3, -0.25) is 4.79 Å². The highest BCUT2D eigenvalue weighted by Crippen LogP contribution is 2.15. The molecule has 0 aromatic carbocycles. The van der Waals surface area contributed by atoms with Crippen molar-refractivity contribution >= 4 is 5.97 Å². The first-order valence-corrected chi connectivity index (χ1v) is 6.24. The van der Waals surface area contributed by atoms with Gasteiger partial charge in [0.25, 0.3) is 0 Å². The van der Waals surface area contributed by atoms with Crippen LogP contribution < -0.4 is 0 Å². The maximum absolute atomic E-state index is 10.8. The zero-order valence-electron chi connectivity index (χ0n) is 11.3.